The fraction of sp³-hybridized carbons (Fsp3) is 0.677. The SMILES string of the molecule is CC/C(=N/N(C)C)[C@@]1(C)[C@H](C)C[C@H]2[C@@H]3CCC4=CC(=Nc5coc(C)c5)C=C[C@]4(C)[C@H]3[C@@H](O)C[C@@]21C.CC/C(=N/N(C)C)[C@@]1(C)[C@H](C)C[C@H]2[C@@H]3CCC4=CC(=O)C=C[C@]4(C)[C@H]3[C@@H](O)C[C@@]21C.Cc1cc(N)co1. The Balaban J connectivity index is 0.000000174. The maximum absolute atomic E-state index is 12.0. The van der Waals surface area contributed by atoms with Gasteiger partial charge in [0.2, 0.25) is 0 Å². The quantitative estimate of drug-likeness (QED) is 0.183. The summed E-state index contributed by atoms with van der Waals surface area (Å²) in [6.07, 6.45) is 25.3. The number of nitrogens with zero attached hydrogens (tertiary/aromatic N) is 5. The molecule has 0 radical (unpaired) electrons. The van der Waals surface area contributed by atoms with Gasteiger partial charge in [0.15, 0.2) is 5.78 Å². The van der Waals surface area contributed by atoms with Gasteiger partial charge in [-0.2, -0.15) is 10.2 Å². The van der Waals surface area contributed by atoms with E-state index in [4.69, 9.17) is 29.8 Å². The molecule has 11 heteroatoms. The van der Waals surface area contributed by atoms with Gasteiger partial charge in [-0.05, 0) is 149 Å². The van der Waals surface area contributed by atoms with Crippen molar-refractivity contribution in [2.24, 2.45) is 95.0 Å². The van der Waals surface area contributed by atoms with Gasteiger partial charge >= 0.3 is 0 Å². The zero-order valence-corrected chi connectivity index (χ0v) is 47.6. The Morgan fingerprint density at radius 3 is 1.55 bits per heavy atom. The van der Waals surface area contributed by atoms with Gasteiger partial charge in [0.05, 0.1) is 23.6 Å². The number of anilines is 1. The van der Waals surface area contributed by atoms with Crippen molar-refractivity contribution >= 4 is 34.3 Å². The number of aliphatic hydroxyl groups is 2. The number of ketones is 1. The number of furan rings is 2. The van der Waals surface area contributed by atoms with Crippen molar-refractivity contribution in [1.29, 1.82) is 0 Å². The van der Waals surface area contributed by atoms with E-state index >= 15 is 0 Å². The van der Waals surface area contributed by atoms with Crippen LogP contribution < -0.4 is 5.73 Å². The molecular formula is C62H92N6O5. The predicted molar refractivity (Wildman–Crippen MR) is 298 cm³/mol. The van der Waals surface area contributed by atoms with Gasteiger partial charge in [-0.25, -0.2) is 4.99 Å². The van der Waals surface area contributed by atoms with Crippen LogP contribution in [-0.2, 0) is 4.79 Å². The topological polar surface area (TPSA) is 153 Å². The molecule has 6 fully saturated rings. The number of aliphatic imine (C=N–C) groups is 1. The van der Waals surface area contributed by atoms with E-state index in [9.17, 15) is 15.0 Å². The predicted octanol–water partition coefficient (Wildman–Crippen LogP) is 13.0. The van der Waals surface area contributed by atoms with E-state index in [1.54, 1.807) is 18.4 Å². The summed E-state index contributed by atoms with van der Waals surface area (Å²) in [6, 6.07) is 3.75. The standard InChI is InChI=1S/C31H45N3O2.C26H40N2O2.C5H7NO/c1-9-27(33-34(7)8)31(6)19(2)14-25-24-11-10-21-16-22(32-23-15-20(3)36-18-23)12-13-29(21,4)28(24)26(35)17-30(25,31)5;1-8-22(27-28(6)7)26(5)16(2)13-20-19-10-9-17-14-18(29)11-12-24(17,3)23(19)21(30)15-25(20,26)4;1-4-2-5(6)3-7-4/h12-13,15-16,18-19,24-26,28,35H,9-11,14,17H2,1-8H3;11-12,14,16,19-21,23,30H,8-10,13,15H2,1-7H3;2-3H,6H2,1H3/b32-22?,33-27-;27-22-;/t19-,24+,25+,26+,28-,29+,30+,31-;16-,19+,20+,21+,23-,24+,25+,26-;/m11./s1. The first-order valence-corrected chi connectivity index (χ1v) is 27.9. The smallest absolute Gasteiger partial charge is 0.178 e. The Kier molecular flexibility index (Phi) is 14.9. The minimum Gasteiger partial charge on any atom is -0.467 e. The molecule has 0 unspecified atom stereocenters. The third-order valence-electron chi connectivity index (χ3n) is 21.6. The molecule has 8 aliphatic carbocycles. The molecule has 400 valence electrons. The lowest BCUT2D eigenvalue weighted by molar-refractivity contribution is -0.124. The second kappa shape index (κ2) is 19.9. The van der Waals surface area contributed by atoms with Crippen LogP contribution in [0.25, 0.3) is 0 Å². The summed E-state index contributed by atoms with van der Waals surface area (Å²) in [4.78, 5) is 16.8. The summed E-state index contributed by atoms with van der Waals surface area (Å²) in [6.45, 7) is 27.5. The molecule has 0 amide bonds. The summed E-state index contributed by atoms with van der Waals surface area (Å²) in [7, 11) is 8.08. The van der Waals surface area contributed by atoms with Crippen LogP contribution in [0, 0.1) is 93.7 Å². The van der Waals surface area contributed by atoms with E-state index in [2.05, 4.69) is 93.5 Å². The van der Waals surface area contributed by atoms with Crippen LogP contribution in [-0.4, -0.2) is 83.5 Å². The van der Waals surface area contributed by atoms with E-state index in [0.29, 0.717) is 41.2 Å². The van der Waals surface area contributed by atoms with Crippen LogP contribution in [0.1, 0.15) is 145 Å². The molecule has 10 rings (SSSR count). The molecule has 16 atom stereocenters. The van der Waals surface area contributed by atoms with Gasteiger partial charge in [-0.3, -0.25) is 4.79 Å². The molecule has 0 aliphatic heterocycles. The van der Waals surface area contributed by atoms with Crippen molar-refractivity contribution in [2.75, 3.05) is 33.9 Å². The summed E-state index contributed by atoms with van der Waals surface area (Å²) >= 11 is 0. The zero-order chi connectivity index (χ0) is 53.4. The molecular weight excluding hydrogens is 909 g/mol. The van der Waals surface area contributed by atoms with E-state index in [1.165, 1.54) is 41.7 Å². The molecule has 0 saturated heterocycles. The molecule has 2 aromatic rings. The molecule has 0 bridgehead atoms. The van der Waals surface area contributed by atoms with E-state index in [0.717, 1.165) is 74.3 Å². The maximum Gasteiger partial charge on any atom is 0.178 e. The number of rotatable bonds is 7. The molecule has 73 heavy (non-hydrogen) atoms. The fourth-order valence-corrected chi connectivity index (χ4v) is 17.7. The Hall–Kier alpha value is -4.48. The van der Waals surface area contributed by atoms with Crippen molar-refractivity contribution < 1.29 is 23.8 Å². The molecule has 2 aromatic heterocycles. The number of nitrogens with two attached hydrogens (primary N) is 1. The van der Waals surface area contributed by atoms with Gasteiger partial charge in [0, 0.05) is 85.2 Å². The minimum atomic E-state index is -0.357. The van der Waals surface area contributed by atoms with Crippen LogP contribution in [0.4, 0.5) is 11.4 Å². The van der Waals surface area contributed by atoms with Crippen molar-refractivity contribution in [3.63, 3.8) is 0 Å². The first-order chi connectivity index (χ1) is 34.2. The van der Waals surface area contributed by atoms with Gasteiger partial charge < -0.3 is 34.8 Å². The Bertz CT molecular complexity index is 2600. The molecule has 6 saturated carbocycles. The average Bonchev–Trinajstić information content (AvgIpc) is 4.03. The monoisotopic (exact) mass is 1000 g/mol. The third-order valence-corrected chi connectivity index (χ3v) is 21.6. The van der Waals surface area contributed by atoms with Crippen LogP contribution in [0.2, 0.25) is 0 Å². The second-order valence-electron chi connectivity index (χ2n) is 25.6. The molecule has 0 spiro atoms. The molecule has 4 N–H and O–H groups in total. The van der Waals surface area contributed by atoms with Crippen molar-refractivity contribution in [1.82, 2.24) is 10.0 Å². The highest BCUT2D eigenvalue weighted by Gasteiger charge is 2.69. The van der Waals surface area contributed by atoms with Crippen LogP contribution in [0.3, 0.4) is 0 Å². The lowest BCUT2D eigenvalue weighted by Crippen LogP contribution is -2.58. The number of nitrogen functional groups attached to an aromatic ring is 1. The number of hydrogen-bond donors (Lipinski definition) is 3. The number of aliphatic hydroxyl groups excluding tert-OH is 2. The number of allylic oxidation sites excluding steroid dienone is 8. The normalized spacial score (nSPS) is 41.9. The first kappa shape index (κ1) is 54.8. The molecule has 11 nitrogen and oxygen atoms in total. The van der Waals surface area contributed by atoms with Crippen molar-refractivity contribution in [2.45, 2.75) is 160 Å². The number of carbonyl (C=O) groups excluding carboxylic acids is 1. The Morgan fingerprint density at radius 2 is 1.15 bits per heavy atom. The molecule has 2 heterocycles. The number of fused-ring (bicyclic) bond motifs is 10. The highest BCUT2D eigenvalue weighted by molar-refractivity contribution is 6.07. The van der Waals surface area contributed by atoms with Crippen molar-refractivity contribution in [3.05, 3.63) is 83.8 Å². The summed E-state index contributed by atoms with van der Waals surface area (Å²) in [5.74, 6) is 5.53. The van der Waals surface area contributed by atoms with Gasteiger partial charge in [0.25, 0.3) is 0 Å². The van der Waals surface area contributed by atoms with E-state index < -0.39 is 0 Å². The minimum absolute atomic E-state index is 0.00931. The van der Waals surface area contributed by atoms with Crippen LogP contribution in [0.15, 0.2) is 96.3 Å². The highest BCUT2D eigenvalue weighted by Crippen LogP contribution is 2.73. The van der Waals surface area contributed by atoms with Crippen molar-refractivity contribution in [3.8, 4) is 0 Å². The average molecular weight is 1000 g/mol. The van der Waals surface area contributed by atoms with E-state index in [-0.39, 0.29) is 62.3 Å². The maximum atomic E-state index is 12.0. The second-order valence-corrected chi connectivity index (χ2v) is 25.6. The Morgan fingerprint density at radius 1 is 0.699 bits per heavy atom. The summed E-state index contributed by atoms with van der Waals surface area (Å²) in [5.41, 5.74) is 12.8. The zero-order valence-electron chi connectivity index (χ0n) is 47.6. The number of hydrazone groups is 2. The lowest BCUT2D eigenvalue weighted by Gasteiger charge is -2.60. The van der Waals surface area contributed by atoms with Gasteiger partial charge in [-0.1, -0.05) is 92.5 Å². The van der Waals surface area contributed by atoms with E-state index in [1.807, 2.05) is 64.2 Å². The van der Waals surface area contributed by atoms with Gasteiger partial charge in [0.1, 0.15) is 29.7 Å². The number of carbonyl (C=O) groups is 1. The molecule has 0 aromatic carbocycles. The summed E-state index contributed by atoms with van der Waals surface area (Å²) in [5, 5.41) is 37.5. The van der Waals surface area contributed by atoms with Crippen LogP contribution >= 0.6 is 0 Å². The number of hydrogen-bond acceptors (Lipinski definition) is 11. The first-order valence-electron chi connectivity index (χ1n) is 27.9. The molecule has 8 aliphatic rings. The largest absolute Gasteiger partial charge is 0.467 e. The highest BCUT2D eigenvalue weighted by atomic mass is 16.3. The summed E-state index contributed by atoms with van der Waals surface area (Å²) < 4.78 is 10.3. The van der Waals surface area contributed by atoms with Gasteiger partial charge in [-0.15, -0.1) is 0 Å². The fourth-order valence-electron chi connectivity index (χ4n) is 17.7. The number of aryl methyl sites for hydroxylation is 2. The Labute approximate surface area is 438 Å². The third kappa shape index (κ3) is 8.99. The lowest BCUT2D eigenvalue weighted by atomic mass is 9.44. The van der Waals surface area contributed by atoms with Crippen LogP contribution in [0.5, 0.6) is 0 Å².